The van der Waals surface area contributed by atoms with Gasteiger partial charge < -0.3 is 14.4 Å². The fourth-order valence-electron chi connectivity index (χ4n) is 1.47. The summed E-state index contributed by atoms with van der Waals surface area (Å²) in [6, 6.07) is 1.95. The van der Waals surface area contributed by atoms with Gasteiger partial charge in [0.15, 0.2) is 5.82 Å². The molecule has 1 unspecified atom stereocenters. The second-order valence-corrected chi connectivity index (χ2v) is 4.40. The molecule has 0 bridgehead atoms. The predicted molar refractivity (Wildman–Crippen MR) is 72.1 cm³/mol. The molecule has 6 heteroatoms. The summed E-state index contributed by atoms with van der Waals surface area (Å²) in [5.41, 5.74) is 0. The van der Waals surface area contributed by atoms with Crippen molar-refractivity contribution < 1.29 is 9.47 Å². The first-order valence-corrected chi connectivity index (χ1v) is 6.29. The number of hydrogen-bond acceptors (Lipinski definition) is 5. The zero-order chi connectivity index (χ0) is 13.5. The SMILES string of the molecule is CCOCc1nc(Cl)cc(N(C)C(C)COC)n1. The van der Waals surface area contributed by atoms with Gasteiger partial charge in [-0.15, -0.1) is 0 Å². The topological polar surface area (TPSA) is 47.5 Å². The number of halogens is 1. The van der Waals surface area contributed by atoms with Crippen LogP contribution in [0, 0.1) is 0 Å². The fraction of sp³-hybridized carbons (Fsp3) is 0.667. The monoisotopic (exact) mass is 273 g/mol. The van der Waals surface area contributed by atoms with E-state index in [4.69, 9.17) is 21.1 Å². The number of ether oxygens (including phenoxy) is 2. The maximum absolute atomic E-state index is 5.99. The maximum Gasteiger partial charge on any atom is 0.158 e. The van der Waals surface area contributed by atoms with Crippen LogP contribution in [0.3, 0.4) is 0 Å². The Hall–Kier alpha value is -0.910. The lowest BCUT2D eigenvalue weighted by molar-refractivity contribution is 0.128. The average molecular weight is 274 g/mol. The Kier molecular flexibility index (Phi) is 6.32. The molecule has 0 radical (unpaired) electrons. The van der Waals surface area contributed by atoms with Crippen molar-refractivity contribution in [3.05, 3.63) is 17.0 Å². The molecule has 0 aromatic carbocycles. The van der Waals surface area contributed by atoms with Crippen LogP contribution in [0.25, 0.3) is 0 Å². The molecule has 0 spiro atoms. The van der Waals surface area contributed by atoms with E-state index in [1.807, 2.05) is 18.9 Å². The highest BCUT2D eigenvalue weighted by atomic mass is 35.5. The van der Waals surface area contributed by atoms with E-state index in [0.717, 1.165) is 5.82 Å². The van der Waals surface area contributed by atoms with E-state index in [0.29, 0.717) is 30.8 Å². The Morgan fingerprint density at radius 1 is 1.44 bits per heavy atom. The smallest absolute Gasteiger partial charge is 0.158 e. The lowest BCUT2D eigenvalue weighted by Gasteiger charge is -2.25. The third kappa shape index (κ3) is 4.40. The molecule has 0 saturated heterocycles. The number of nitrogens with zero attached hydrogens (tertiary/aromatic N) is 3. The summed E-state index contributed by atoms with van der Waals surface area (Å²) in [6.07, 6.45) is 0. The van der Waals surface area contributed by atoms with Crippen molar-refractivity contribution in [1.29, 1.82) is 0 Å². The number of hydrogen-bond donors (Lipinski definition) is 0. The molecule has 0 aliphatic carbocycles. The molecule has 0 fully saturated rings. The van der Waals surface area contributed by atoms with Crippen LogP contribution in [0.2, 0.25) is 5.15 Å². The van der Waals surface area contributed by atoms with Gasteiger partial charge in [-0.1, -0.05) is 11.6 Å². The Morgan fingerprint density at radius 2 is 2.17 bits per heavy atom. The van der Waals surface area contributed by atoms with Gasteiger partial charge in [0, 0.05) is 26.8 Å². The second kappa shape index (κ2) is 7.51. The summed E-state index contributed by atoms with van der Waals surface area (Å²) in [7, 11) is 3.63. The maximum atomic E-state index is 5.99. The minimum atomic E-state index is 0.209. The van der Waals surface area contributed by atoms with Crippen LogP contribution in [-0.2, 0) is 16.1 Å². The van der Waals surface area contributed by atoms with E-state index >= 15 is 0 Å². The normalized spacial score (nSPS) is 12.5. The van der Waals surface area contributed by atoms with Gasteiger partial charge >= 0.3 is 0 Å². The van der Waals surface area contributed by atoms with Gasteiger partial charge in [-0.2, -0.15) is 0 Å². The van der Waals surface area contributed by atoms with Crippen LogP contribution in [0.15, 0.2) is 6.07 Å². The number of rotatable bonds is 7. The molecule has 1 aromatic heterocycles. The van der Waals surface area contributed by atoms with E-state index < -0.39 is 0 Å². The van der Waals surface area contributed by atoms with Crippen molar-refractivity contribution in [2.24, 2.45) is 0 Å². The van der Waals surface area contributed by atoms with E-state index in [1.54, 1.807) is 13.2 Å². The minimum absolute atomic E-state index is 0.209. The van der Waals surface area contributed by atoms with Crippen LogP contribution in [0.4, 0.5) is 5.82 Å². The molecular weight excluding hydrogens is 254 g/mol. The molecule has 1 atom stereocenters. The van der Waals surface area contributed by atoms with Crippen LogP contribution in [-0.4, -0.2) is 43.4 Å². The Balaban J connectivity index is 2.84. The van der Waals surface area contributed by atoms with Crippen molar-refractivity contribution in [2.75, 3.05) is 32.3 Å². The molecule has 0 aliphatic rings. The third-order valence-corrected chi connectivity index (χ3v) is 2.79. The predicted octanol–water partition coefficient (Wildman–Crippen LogP) is 2.14. The summed E-state index contributed by atoms with van der Waals surface area (Å²) in [4.78, 5) is 10.6. The van der Waals surface area contributed by atoms with Crippen molar-refractivity contribution in [3.8, 4) is 0 Å². The molecule has 0 aliphatic heterocycles. The first-order chi connectivity index (χ1) is 8.58. The zero-order valence-electron chi connectivity index (χ0n) is 11.3. The van der Waals surface area contributed by atoms with Gasteiger partial charge in [-0.05, 0) is 13.8 Å². The quantitative estimate of drug-likeness (QED) is 0.713. The number of aromatic nitrogens is 2. The lowest BCUT2D eigenvalue weighted by Crippen LogP contribution is -2.33. The number of likely N-dealkylation sites (N-methyl/N-ethyl adjacent to an activating group) is 1. The molecule has 18 heavy (non-hydrogen) atoms. The Morgan fingerprint density at radius 3 is 2.78 bits per heavy atom. The summed E-state index contributed by atoms with van der Waals surface area (Å²) in [5.74, 6) is 1.37. The van der Waals surface area contributed by atoms with E-state index in [9.17, 15) is 0 Å². The van der Waals surface area contributed by atoms with Crippen LogP contribution < -0.4 is 4.90 Å². The summed E-state index contributed by atoms with van der Waals surface area (Å²) in [5, 5.41) is 0.422. The molecule has 0 saturated carbocycles. The Labute approximate surface area is 113 Å². The molecule has 1 rings (SSSR count). The molecule has 102 valence electrons. The first-order valence-electron chi connectivity index (χ1n) is 5.91. The minimum Gasteiger partial charge on any atom is -0.383 e. The van der Waals surface area contributed by atoms with Crippen molar-refractivity contribution in [2.45, 2.75) is 26.5 Å². The van der Waals surface area contributed by atoms with Crippen LogP contribution in [0.5, 0.6) is 0 Å². The van der Waals surface area contributed by atoms with E-state index in [1.165, 1.54) is 0 Å². The largest absolute Gasteiger partial charge is 0.383 e. The summed E-state index contributed by atoms with van der Waals surface area (Å²) < 4.78 is 10.4. The highest BCUT2D eigenvalue weighted by molar-refractivity contribution is 6.29. The van der Waals surface area contributed by atoms with Gasteiger partial charge in [0.05, 0.1) is 12.6 Å². The van der Waals surface area contributed by atoms with Gasteiger partial charge in [-0.25, -0.2) is 9.97 Å². The van der Waals surface area contributed by atoms with Gasteiger partial charge in [0.1, 0.15) is 17.6 Å². The molecule has 0 N–H and O–H groups in total. The van der Waals surface area contributed by atoms with Crippen LogP contribution in [0.1, 0.15) is 19.7 Å². The number of methoxy groups -OCH3 is 1. The highest BCUT2D eigenvalue weighted by Gasteiger charge is 2.13. The molecule has 5 nitrogen and oxygen atoms in total. The van der Waals surface area contributed by atoms with E-state index in [2.05, 4.69) is 16.9 Å². The average Bonchev–Trinajstić information content (AvgIpc) is 2.35. The van der Waals surface area contributed by atoms with E-state index in [-0.39, 0.29) is 6.04 Å². The van der Waals surface area contributed by atoms with Gasteiger partial charge in [0.2, 0.25) is 0 Å². The molecule has 1 heterocycles. The molecule has 1 aromatic rings. The zero-order valence-corrected chi connectivity index (χ0v) is 12.1. The standard InChI is InChI=1S/C12H20ClN3O2/c1-5-18-8-11-14-10(13)6-12(15-11)16(3)9(2)7-17-4/h6,9H,5,7-8H2,1-4H3. The number of anilines is 1. The van der Waals surface area contributed by atoms with Crippen molar-refractivity contribution in [3.63, 3.8) is 0 Å². The van der Waals surface area contributed by atoms with Crippen LogP contribution >= 0.6 is 11.6 Å². The van der Waals surface area contributed by atoms with Crippen molar-refractivity contribution in [1.82, 2.24) is 9.97 Å². The second-order valence-electron chi connectivity index (χ2n) is 4.02. The first kappa shape index (κ1) is 15.1. The summed E-state index contributed by atoms with van der Waals surface area (Å²) in [6.45, 7) is 5.61. The summed E-state index contributed by atoms with van der Waals surface area (Å²) >= 11 is 5.99. The molecular formula is C12H20ClN3O2. The fourth-order valence-corrected chi connectivity index (χ4v) is 1.66. The lowest BCUT2D eigenvalue weighted by atomic mass is 10.3. The third-order valence-electron chi connectivity index (χ3n) is 2.59. The Bertz CT molecular complexity index is 376. The van der Waals surface area contributed by atoms with Crippen molar-refractivity contribution >= 4 is 17.4 Å². The molecule has 0 amide bonds. The van der Waals surface area contributed by atoms with Gasteiger partial charge in [0.25, 0.3) is 0 Å². The highest BCUT2D eigenvalue weighted by Crippen LogP contribution is 2.17. The van der Waals surface area contributed by atoms with Gasteiger partial charge in [-0.3, -0.25) is 0 Å².